The van der Waals surface area contributed by atoms with E-state index < -0.39 is 0 Å². The average Bonchev–Trinajstić information content (AvgIpc) is 2.84. The molecule has 2 aliphatic heterocycles. The number of rotatable bonds is 3. The topological polar surface area (TPSA) is 93.4 Å². The summed E-state index contributed by atoms with van der Waals surface area (Å²) in [7, 11) is 0. The van der Waals surface area contributed by atoms with Crippen LogP contribution in [0, 0.1) is 17.2 Å². The fourth-order valence-electron chi connectivity index (χ4n) is 4.08. The van der Waals surface area contributed by atoms with Crippen LogP contribution < -0.4 is 4.90 Å². The molecule has 0 atom stereocenters. The molecular formula is C22H24N6O2. The molecule has 2 aromatic rings. The zero-order valence-corrected chi connectivity index (χ0v) is 16.8. The van der Waals surface area contributed by atoms with Crippen LogP contribution in [0.15, 0.2) is 42.9 Å². The van der Waals surface area contributed by atoms with E-state index in [0.717, 1.165) is 31.7 Å². The monoisotopic (exact) mass is 404 g/mol. The lowest BCUT2D eigenvalue weighted by Crippen LogP contribution is -2.53. The average molecular weight is 404 g/mol. The van der Waals surface area contributed by atoms with Gasteiger partial charge < -0.3 is 14.7 Å². The van der Waals surface area contributed by atoms with Crippen molar-refractivity contribution in [1.29, 1.82) is 5.26 Å². The number of hydrogen-bond acceptors (Lipinski definition) is 6. The molecule has 154 valence electrons. The number of amides is 2. The molecule has 1 aromatic heterocycles. The minimum Gasteiger partial charge on any atom is -0.356 e. The van der Waals surface area contributed by atoms with Crippen LogP contribution in [0.25, 0.3) is 0 Å². The van der Waals surface area contributed by atoms with Gasteiger partial charge in [-0.25, -0.2) is 9.97 Å². The van der Waals surface area contributed by atoms with Gasteiger partial charge in [0.05, 0.1) is 11.6 Å². The molecule has 0 bridgehead atoms. The van der Waals surface area contributed by atoms with Crippen molar-refractivity contribution in [2.45, 2.75) is 12.8 Å². The predicted molar refractivity (Wildman–Crippen MR) is 111 cm³/mol. The van der Waals surface area contributed by atoms with Crippen LogP contribution in [0.2, 0.25) is 0 Å². The molecule has 2 amide bonds. The Balaban J connectivity index is 1.27. The maximum absolute atomic E-state index is 13.0. The van der Waals surface area contributed by atoms with E-state index in [0.29, 0.717) is 37.3 Å². The lowest BCUT2D eigenvalue weighted by atomic mass is 9.95. The number of nitriles is 1. The van der Waals surface area contributed by atoms with Crippen molar-refractivity contribution in [3.63, 3.8) is 0 Å². The Morgan fingerprint density at radius 1 is 0.933 bits per heavy atom. The highest BCUT2D eigenvalue weighted by Crippen LogP contribution is 2.23. The quantitative estimate of drug-likeness (QED) is 0.771. The fraction of sp³-hybridized carbons (Fsp3) is 0.409. The van der Waals surface area contributed by atoms with E-state index in [4.69, 9.17) is 5.26 Å². The van der Waals surface area contributed by atoms with Crippen LogP contribution in [-0.4, -0.2) is 70.9 Å². The second-order valence-corrected chi connectivity index (χ2v) is 7.64. The first kappa shape index (κ1) is 19.8. The molecule has 4 rings (SSSR count). The lowest BCUT2D eigenvalue weighted by Gasteiger charge is -2.38. The molecule has 0 radical (unpaired) electrons. The van der Waals surface area contributed by atoms with Gasteiger partial charge in [-0.1, -0.05) is 0 Å². The van der Waals surface area contributed by atoms with Crippen molar-refractivity contribution in [1.82, 2.24) is 19.8 Å². The normalized spacial score (nSPS) is 17.5. The van der Waals surface area contributed by atoms with Crippen LogP contribution in [-0.2, 0) is 4.79 Å². The third-order valence-corrected chi connectivity index (χ3v) is 5.87. The molecule has 0 unspecified atom stereocenters. The van der Waals surface area contributed by atoms with Gasteiger partial charge in [0.15, 0.2) is 0 Å². The lowest BCUT2D eigenvalue weighted by molar-refractivity contribution is -0.137. The molecule has 8 heteroatoms. The molecule has 30 heavy (non-hydrogen) atoms. The Labute approximate surface area is 175 Å². The molecular weight excluding hydrogens is 380 g/mol. The van der Waals surface area contributed by atoms with Gasteiger partial charge in [0.2, 0.25) is 5.91 Å². The van der Waals surface area contributed by atoms with Crippen LogP contribution in [0.1, 0.15) is 28.8 Å². The SMILES string of the molecule is N#Cc1ccc(C(=O)N2CCN(C(=O)C3CCN(c4ccncn4)CC3)CC2)cc1. The summed E-state index contributed by atoms with van der Waals surface area (Å²) in [4.78, 5) is 39.7. The molecule has 1 aromatic carbocycles. The van der Waals surface area contributed by atoms with Gasteiger partial charge in [-0.05, 0) is 43.2 Å². The molecule has 2 aliphatic rings. The van der Waals surface area contributed by atoms with Crippen LogP contribution in [0.5, 0.6) is 0 Å². The number of piperazine rings is 1. The van der Waals surface area contributed by atoms with Crippen molar-refractivity contribution in [2.24, 2.45) is 5.92 Å². The highest BCUT2D eigenvalue weighted by Gasteiger charge is 2.31. The fourth-order valence-corrected chi connectivity index (χ4v) is 4.08. The molecule has 0 spiro atoms. The Hall–Kier alpha value is -3.47. The second-order valence-electron chi connectivity index (χ2n) is 7.64. The Bertz CT molecular complexity index is 924. The number of aromatic nitrogens is 2. The standard InChI is InChI=1S/C22H24N6O2/c23-15-17-1-3-18(4-2-17)21(29)27-11-13-28(14-12-27)22(30)19-6-9-26(10-7-19)20-5-8-24-16-25-20/h1-5,8,16,19H,6-7,9-14H2. The predicted octanol–water partition coefficient (Wildman–Crippen LogP) is 1.55. The number of nitrogens with zero attached hydrogens (tertiary/aromatic N) is 6. The maximum atomic E-state index is 13.0. The van der Waals surface area contributed by atoms with E-state index in [1.807, 2.05) is 11.0 Å². The summed E-state index contributed by atoms with van der Waals surface area (Å²) in [6, 6.07) is 10.6. The summed E-state index contributed by atoms with van der Waals surface area (Å²) in [6.45, 7) is 3.81. The smallest absolute Gasteiger partial charge is 0.253 e. The summed E-state index contributed by atoms with van der Waals surface area (Å²) < 4.78 is 0. The minimum absolute atomic E-state index is 0.0314. The second kappa shape index (κ2) is 8.91. The third-order valence-electron chi connectivity index (χ3n) is 5.87. The first-order valence-electron chi connectivity index (χ1n) is 10.2. The zero-order chi connectivity index (χ0) is 20.9. The number of carbonyl (C=O) groups is 2. The Kier molecular flexibility index (Phi) is 5.89. The maximum Gasteiger partial charge on any atom is 0.253 e. The summed E-state index contributed by atoms with van der Waals surface area (Å²) in [5.41, 5.74) is 1.11. The largest absolute Gasteiger partial charge is 0.356 e. The van der Waals surface area contributed by atoms with E-state index in [9.17, 15) is 9.59 Å². The summed E-state index contributed by atoms with van der Waals surface area (Å²) >= 11 is 0. The van der Waals surface area contributed by atoms with Gasteiger partial charge in [0.25, 0.3) is 5.91 Å². The van der Waals surface area contributed by atoms with Gasteiger partial charge in [-0.15, -0.1) is 0 Å². The van der Waals surface area contributed by atoms with E-state index in [1.54, 1.807) is 41.7 Å². The molecule has 2 fully saturated rings. The van der Waals surface area contributed by atoms with Crippen LogP contribution >= 0.6 is 0 Å². The molecule has 0 aliphatic carbocycles. The van der Waals surface area contributed by atoms with Crippen molar-refractivity contribution in [3.05, 3.63) is 54.0 Å². The molecule has 0 N–H and O–H groups in total. The van der Waals surface area contributed by atoms with E-state index >= 15 is 0 Å². The molecule has 8 nitrogen and oxygen atoms in total. The first-order chi connectivity index (χ1) is 14.7. The van der Waals surface area contributed by atoms with E-state index in [2.05, 4.69) is 20.9 Å². The number of anilines is 1. The highest BCUT2D eigenvalue weighted by atomic mass is 16.2. The number of hydrogen-bond donors (Lipinski definition) is 0. The van der Waals surface area contributed by atoms with Gasteiger partial charge in [-0.2, -0.15) is 5.26 Å². The van der Waals surface area contributed by atoms with Gasteiger partial charge in [0.1, 0.15) is 12.1 Å². The van der Waals surface area contributed by atoms with Crippen molar-refractivity contribution < 1.29 is 9.59 Å². The molecule has 0 saturated carbocycles. The van der Waals surface area contributed by atoms with Crippen LogP contribution in [0.4, 0.5) is 5.82 Å². The van der Waals surface area contributed by atoms with Gasteiger partial charge >= 0.3 is 0 Å². The van der Waals surface area contributed by atoms with Crippen LogP contribution in [0.3, 0.4) is 0 Å². The Morgan fingerprint density at radius 2 is 1.60 bits per heavy atom. The highest BCUT2D eigenvalue weighted by molar-refractivity contribution is 5.94. The van der Waals surface area contributed by atoms with E-state index in [-0.39, 0.29) is 17.7 Å². The first-order valence-corrected chi connectivity index (χ1v) is 10.2. The number of benzene rings is 1. The zero-order valence-electron chi connectivity index (χ0n) is 16.8. The number of carbonyl (C=O) groups excluding carboxylic acids is 2. The van der Waals surface area contributed by atoms with Gasteiger partial charge in [-0.3, -0.25) is 9.59 Å². The number of piperidine rings is 1. The van der Waals surface area contributed by atoms with Crippen molar-refractivity contribution >= 4 is 17.6 Å². The van der Waals surface area contributed by atoms with E-state index in [1.165, 1.54) is 0 Å². The summed E-state index contributed by atoms with van der Waals surface area (Å²) in [5.74, 6) is 1.09. The summed E-state index contributed by atoms with van der Waals surface area (Å²) in [5, 5.41) is 8.89. The van der Waals surface area contributed by atoms with Gasteiger partial charge in [0, 0.05) is 56.9 Å². The van der Waals surface area contributed by atoms with Crippen molar-refractivity contribution in [3.8, 4) is 6.07 Å². The molecule has 3 heterocycles. The minimum atomic E-state index is -0.0512. The Morgan fingerprint density at radius 3 is 2.20 bits per heavy atom. The third kappa shape index (κ3) is 4.25. The van der Waals surface area contributed by atoms with Crippen molar-refractivity contribution in [2.75, 3.05) is 44.2 Å². The summed E-state index contributed by atoms with van der Waals surface area (Å²) in [6.07, 6.45) is 4.91. The molecule has 2 saturated heterocycles.